The van der Waals surface area contributed by atoms with Crippen LogP contribution in [0.2, 0.25) is 0 Å². The van der Waals surface area contributed by atoms with Crippen molar-refractivity contribution >= 4 is 11.6 Å². The minimum absolute atomic E-state index is 0.176. The van der Waals surface area contributed by atoms with Crippen LogP contribution in [0.15, 0.2) is 43.3 Å². The highest BCUT2D eigenvalue weighted by Crippen LogP contribution is 2.28. The lowest BCUT2D eigenvalue weighted by atomic mass is 10.0. The molecule has 0 spiro atoms. The van der Waals surface area contributed by atoms with Crippen molar-refractivity contribution in [2.75, 3.05) is 50.7 Å². The third kappa shape index (κ3) is 6.46. The number of anilines is 1. The Hall–Kier alpha value is -2.55. The van der Waals surface area contributed by atoms with Crippen LogP contribution in [0.3, 0.4) is 0 Å². The summed E-state index contributed by atoms with van der Waals surface area (Å²) in [5.41, 5.74) is 0.634. The van der Waals surface area contributed by atoms with Gasteiger partial charge in [0, 0.05) is 64.0 Å². The minimum atomic E-state index is -4.42. The number of piperidine rings is 1. The molecule has 6 nitrogen and oxygen atoms in total. The number of nitrogens with one attached hydrogen (secondary N) is 1. The molecule has 170 valence electrons. The van der Waals surface area contributed by atoms with Crippen molar-refractivity contribution in [3.8, 4) is 0 Å². The lowest BCUT2D eigenvalue weighted by Crippen LogP contribution is -2.48. The first kappa shape index (κ1) is 23.1. The molecular weight excluding hydrogens is 407 g/mol. The SMILES string of the molecule is C=CC(=C)NC1CCN(C(=O)CCN2CCN(c3ccc(C(F)(F)F)nc3)CC2)CC1. The first-order valence-corrected chi connectivity index (χ1v) is 10.6. The summed E-state index contributed by atoms with van der Waals surface area (Å²) in [6, 6.07) is 2.83. The van der Waals surface area contributed by atoms with Gasteiger partial charge in [-0.25, -0.2) is 4.98 Å². The number of carbonyl (C=O) groups is 1. The zero-order chi connectivity index (χ0) is 22.4. The number of pyridine rings is 1. The van der Waals surface area contributed by atoms with Crippen LogP contribution >= 0.6 is 0 Å². The van der Waals surface area contributed by atoms with Crippen molar-refractivity contribution < 1.29 is 18.0 Å². The van der Waals surface area contributed by atoms with Gasteiger partial charge < -0.3 is 15.1 Å². The molecule has 2 aliphatic heterocycles. The number of piperazine rings is 1. The van der Waals surface area contributed by atoms with E-state index in [4.69, 9.17) is 0 Å². The Morgan fingerprint density at radius 2 is 1.84 bits per heavy atom. The monoisotopic (exact) mass is 437 g/mol. The fourth-order valence-electron chi connectivity index (χ4n) is 3.98. The molecule has 1 aromatic rings. The molecule has 2 fully saturated rings. The Balaban J connectivity index is 1.37. The van der Waals surface area contributed by atoms with Gasteiger partial charge in [0.05, 0.1) is 11.9 Å². The molecule has 0 bridgehead atoms. The number of amides is 1. The standard InChI is InChI=1S/C22H30F3N5O/c1-3-17(2)27-18-6-10-30(11-7-18)21(31)8-9-28-12-14-29(15-13-28)19-4-5-20(26-16-19)22(23,24)25/h3-5,16,18,27H,1-2,6-15H2. The molecule has 0 saturated carbocycles. The van der Waals surface area contributed by atoms with E-state index in [1.54, 1.807) is 6.08 Å². The molecule has 9 heteroatoms. The van der Waals surface area contributed by atoms with Gasteiger partial charge in [0.1, 0.15) is 5.69 Å². The zero-order valence-electron chi connectivity index (χ0n) is 17.7. The average Bonchev–Trinajstić information content (AvgIpc) is 2.77. The van der Waals surface area contributed by atoms with Crippen LogP contribution in [0.5, 0.6) is 0 Å². The van der Waals surface area contributed by atoms with Crippen molar-refractivity contribution in [3.05, 3.63) is 49.0 Å². The van der Waals surface area contributed by atoms with Crippen LogP contribution in [-0.2, 0) is 11.0 Å². The third-order valence-electron chi connectivity index (χ3n) is 5.90. The molecule has 2 aliphatic rings. The molecule has 1 aromatic heterocycles. The number of likely N-dealkylation sites (tertiary alicyclic amines) is 1. The Morgan fingerprint density at radius 1 is 1.16 bits per heavy atom. The van der Waals surface area contributed by atoms with Gasteiger partial charge in [0.2, 0.25) is 5.91 Å². The number of halogens is 3. The Morgan fingerprint density at radius 3 is 2.39 bits per heavy atom. The number of hydrogen-bond donors (Lipinski definition) is 1. The second kappa shape index (κ2) is 10.2. The largest absolute Gasteiger partial charge is 0.433 e. The van der Waals surface area contributed by atoms with E-state index in [1.165, 1.54) is 12.3 Å². The summed E-state index contributed by atoms with van der Waals surface area (Å²) in [6.07, 6.45) is 0.849. The van der Waals surface area contributed by atoms with E-state index in [-0.39, 0.29) is 5.91 Å². The highest BCUT2D eigenvalue weighted by atomic mass is 19.4. The Labute approximate surface area is 181 Å². The molecule has 3 heterocycles. The molecule has 0 unspecified atom stereocenters. The Kier molecular flexibility index (Phi) is 7.59. The lowest BCUT2D eigenvalue weighted by Gasteiger charge is -2.37. The first-order chi connectivity index (χ1) is 14.8. The highest BCUT2D eigenvalue weighted by Gasteiger charge is 2.32. The van der Waals surface area contributed by atoms with Crippen LogP contribution in [0.4, 0.5) is 18.9 Å². The summed E-state index contributed by atoms with van der Waals surface area (Å²) in [4.78, 5) is 22.3. The fraction of sp³-hybridized carbons (Fsp3) is 0.545. The van der Waals surface area contributed by atoms with Gasteiger partial charge in [-0.1, -0.05) is 13.2 Å². The maximum absolute atomic E-state index is 12.7. The quantitative estimate of drug-likeness (QED) is 0.665. The minimum Gasteiger partial charge on any atom is -0.383 e. The summed E-state index contributed by atoms with van der Waals surface area (Å²) in [7, 11) is 0. The van der Waals surface area contributed by atoms with Crippen LogP contribution < -0.4 is 10.2 Å². The second-order valence-electron chi connectivity index (χ2n) is 8.01. The van der Waals surface area contributed by atoms with E-state index >= 15 is 0 Å². The van der Waals surface area contributed by atoms with Gasteiger partial charge in [0.15, 0.2) is 0 Å². The predicted molar refractivity (Wildman–Crippen MR) is 115 cm³/mol. The maximum Gasteiger partial charge on any atom is 0.433 e. The summed E-state index contributed by atoms with van der Waals surface area (Å²) >= 11 is 0. The number of allylic oxidation sites excluding steroid dienone is 1. The van der Waals surface area contributed by atoms with Crippen molar-refractivity contribution in [1.29, 1.82) is 0 Å². The van der Waals surface area contributed by atoms with Crippen LogP contribution in [-0.4, -0.2) is 72.5 Å². The number of alkyl halides is 3. The molecular formula is C22H30F3N5O. The first-order valence-electron chi connectivity index (χ1n) is 10.6. The molecule has 2 saturated heterocycles. The van der Waals surface area contributed by atoms with E-state index in [1.807, 2.05) is 9.80 Å². The number of carbonyl (C=O) groups excluding carboxylic acids is 1. The van der Waals surface area contributed by atoms with E-state index in [0.717, 1.165) is 50.8 Å². The highest BCUT2D eigenvalue weighted by molar-refractivity contribution is 5.76. The lowest BCUT2D eigenvalue weighted by molar-refractivity contribution is -0.141. The predicted octanol–water partition coefficient (Wildman–Crippen LogP) is 2.89. The van der Waals surface area contributed by atoms with Gasteiger partial charge in [-0.05, 0) is 31.1 Å². The second-order valence-corrected chi connectivity index (χ2v) is 8.01. The van der Waals surface area contributed by atoms with Crippen LogP contribution in [0, 0.1) is 0 Å². The van der Waals surface area contributed by atoms with E-state index < -0.39 is 11.9 Å². The zero-order valence-corrected chi connectivity index (χ0v) is 17.7. The molecule has 0 radical (unpaired) electrons. The van der Waals surface area contributed by atoms with E-state index in [2.05, 4.69) is 28.4 Å². The van der Waals surface area contributed by atoms with Crippen molar-refractivity contribution in [1.82, 2.24) is 20.1 Å². The number of hydrogen-bond acceptors (Lipinski definition) is 5. The summed E-state index contributed by atoms with van der Waals surface area (Å²) < 4.78 is 38.0. The summed E-state index contributed by atoms with van der Waals surface area (Å²) in [5, 5.41) is 3.32. The fourth-order valence-corrected chi connectivity index (χ4v) is 3.98. The van der Waals surface area contributed by atoms with Gasteiger partial charge in [-0.3, -0.25) is 9.69 Å². The molecule has 3 rings (SSSR count). The van der Waals surface area contributed by atoms with Crippen molar-refractivity contribution in [2.24, 2.45) is 0 Å². The van der Waals surface area contributed by atoms with Gasteiger partial charge in [-0.15, -0.1) is 0 Å². The number of nitrogens with zero attached hydrogens (tertiary/aromatic N) is 4. The summed E-state index contributed by atoms with van der Waals surface area (Å²) in [5.74, 6) is 0.176. The Bertz CT molecular complexity index is 764. The van der Waals surface area contributed by atoms with Gasteiger partial charge >= 0.3 is 6.18 Å². The smallest absolute Gasteiger partial charge is 0.383 e. The normalized spacial score (nSPS) is 18.7. The third-order valence-corrected chi connectivity index (χ3v) is 5.90. The van der Waals surface area contributed by atoms with Crippen molar-refractivity contribution in [2.45, 2.75) is 31.5 Å². The van der Waals surface area contributed by atoms with Gasteiger partial charge in [0.25, 0.3) is 0 Å². The molecule has 0 atom stereocenters. The van der Waals surface area contributed by atoms with Crippen LogP contribution in [0.1, 0.15) is 25.0 Å². The number of rotatable bonds is 7. The van der Waals surface area contributed by atoms with E-state index in [9.17, 15) is 18.0 Å². The molecule has 1 N–H and O–H groups in total. The van der Waals surface area contributed by atoms with Crippen molar-refractivity contribution in [3.63, 3.8) is 0 Å². The molecule has 0 aliphatic carbocycles. The number of aromatic nitrogens is 1. The molecule has 31 heavy (non-hydrogen) atoms. The van der Waals surface area contributed by atoms with Crippen LogP contribution in [0.25, 0.3) is 0 Å². The maximum atomic E-state index is 12.7. The molecule has 0 aromatic carbocycles. The molecule has 1 amide bonds. The average molecular weight is 438 g/mol. The summed E-state index contributed by atoms with van der Waals surface area (Å²) in [6.45, 7) is 12.7. The van der Waals surface area contributed by atoms with E-state index in [0.29, 0.717) is 37.8 Å². The van der Waals surface area contributed by atoms with Gasteiger partial charge in [-0.2, -0.15) is 13.2 Å². The topological polar surface area (TPSA) is 51.7 Å².